The molecule has 0 bridgehead atoms. The Balaban J connectivity index is 1.96. The van der Waals surface area contributed by atoms with Crippen molar-refractivity contribution in [2.24, 2.45) is 0 Å². The number of amides is 1. The normalized spacial score (nSPS) is 9.94. The zero-order chi connectivity index (χ0) is 12.1. The highest BCUT2D eigenvalue weighted by Gasteiger charge is 2.03. The average Bonchev–Trinajstić information content (AvgIpc) is 2.33. The lowest BCUT2D eigenvalue weighted by Crippen LogP contribution is -2.14. The van der Waals surface area contributed by atoms with E-state index in [1.165, 1.54) is 0 Å². The zero-order valence-electron chi connectivity index (χ0n) is 9.19. The van der Waals surface area contributed by atoms with E-state index in [1.54, 1.807) is 24.3 Å². The van der Waals surface area contributed by atoms with Crippen molar-refractivity contribution in [3.05, 3.63) is 65.2 Å². The number of halogens is 1. The maximum absolute atomic E-state index is 11.7. The van der Waals surface area contributed by atoms with E-state index in [4.69, 9.17) is 11.6 Å². The zero-order valence-corrected chi connectivity index (χ0v) is 9.95. The van der Waals surface area contributed by atoms with E-state index < -0.39 is 0 Å². The van der Waals surface area contributed by atoms with Crippen LogP contribution in [0.5, 0.6) is 0 Å². The molecular weight excluding hydrogens is 234 g/mol. The fraction of sp³-hybridized carbons (Fsp3) is 0.0714. The lowest BCUT2D eigenvalue weighted by atomic mass is 10.1. The second kappa shape index (κ2) is 5.51. The number of carbonyl (C=O) groups excluding carboxylic acids is 1. The average molecular weight is 246 g/mol. The van der Waals surface area contributed by atoms with Crippen LogP contribution in [0.15, 0.2) is 54.6 Å². The number of hydrogen-bond donors (Lipinski definition) is 1. The fourth-order valence-electron chi connectivity index (χ4n) is 1.52. The highest BCUT2D eigenvalue weighted by molar-refractivity contribution is 6.30. The monoisotopic (exact) mass is 245 g/mol. The molecule has 3 heteroatoms. The predicted molar refractivity (Wildman–Crippen MR) is 70.2 cm³/mol. The van der Waals surface area contributed by atoms with Gasteiger partial charge in [0.1, 0.15) is 0 Å². The van der Waals surface area contributed by atoms with E-state index in [1.807, 2.05) is 30.3 Å². The Labute approximate surface area is 105 Å². The first-order valence-corrected chi connectivity index (χ1v) is 5.71. The smallest absolute Gasteiger partial charge is 0.228 e. The molecule has 0 aromatic heterocycles. The summed E-state index contributed by atoms with van der Waals surface area (Å²) in [6, 6.07) is 16.7. The molecule has 0 aliphatic carbocycles. The van der Waals surface area contributed by atoms with Gasteiger partial charge in [-0.05, 0) is 29.8 Å². The van der Waals surface area contributed by atoms with Gasteiger partial charge < -0.3 is 5.32 Å². The predicted octanol–water partition coefficient (Wildman–Crippen LogP) is 3.52. The number of benzene rings is 2. The Morgan fingerprint density at radius 2 is 1.65 bits per heavy atom. The van der Waals surface area contributed by atoms with Crippen molar-refractivity contribution >= 4 is 23.2 Å². The molecule has 0 radical (unpaired) electrons. The Morgan fingerprint density at radius 3 is 2.29 bits per heavy atom. The van der Waals surface area contributed by atoms with Crippen LogP contribution in [0.1, 0.15) is 5.56 Å². The van der Waals surface area contributed by atoms with Crippen LogP contribution < -0.4 is 5.32 Å². The van der Waals surface area contributed by atoms with Crippen molar-refractivity contribution in [2.75, 3.05) is 5.32 Å². The molecule has 1 amide bonds. The second-order valence-electron chi connectivity index (χ2n) is 3.72. The van der Waals surface area contributed by atoms with Gasteiger partial charge in [0.15, 0.2) is 0 Å². The molecular formula is C14H12ClNO. The van der Waals surface area contributed by atoms with Crippen molar-refractivity contribution in [1.82, 2.24) is 0 Å². The van der Waals surface area contributed by atoms with Crippen molar-refractivity contribution in [2.45, 2.75) is 6.42 Å². The molecule has 1 N–H and O–H groups in total. The van der Waals surface area contributed by atoms with Crippen LogP contribution in [0, 0.1) is 0 Å². The van der Waals surface area contributed by atoms with Gasteiger partial charge >= 0.3 is 0 Å². The van der Waals surface area contributed by atoms with Crippen LogP contribution in [0.4, 0.5) is 5.69 Å². The van der Waals surface area contributed by atoms with Crippen molar-refractivity contribution in [3.63, 3.8) is 0 Å². The summed E-state index contributed by atoms with van der Waals surface area (Å²) in [6.07, 6.45) is 0.378. The highest BCUT2D eigenvalue weighted by Crippen LogP contribution is 2.13. The number of rotatable bonds is 3. The van der Waals surface area contributed by atoms with Crippen LogP contribution in [0.3, 0.4) is 0 Å². The molecule has 2 nitrogen and oxygen atoms in total. The molecule has 2 aromatic rings. The summed E-state index contributed by atoms with van der Waals surface area (Å²) in [4.78, 5) is 11.7. The molecule has 17 heavy (non-hydrogen) atoms. The first-order valence-electron chi connectivity index (χ1n) is 5.33. The molecule has 0 saturated heterocycles. The number of nitrogens with one attached hydrogen (secondary N) is 1. The molecule has 0 aliphatic rings. The number of hydrogen-bond acceptors (Lipinski definition) is 1. The molecule has 0 saturated carbocycles. The van der Waals surface area contributed by atoms with E-state index >= 15 is 0 Å². The van der Waals surface area contributed by atoms with Crippen LogP contribution in [-0.4, -0.2) is 5.91 Å². The highest BCUT2D eigenvalue weighted by atomic mass is 35.5. The van der Waals surface area contributed by atoms with Gasteiger partial charge in [-0.25, -0.2) is 0 Å². The minimum absolute atomic E-state index is 0.0291. The maximum atomic E-state index is 11.7. The van der Waals surface area contributed by atoms with E-state index in [9.17, 15) is 4.79 Å². The van der Waals surface area contributed by atoms with Crippen LogP contribution >= 0.6 is 11.6 Å². The van der Waals surface area contributed by atoms with Gasteiger partial charge in [0.2, 0.25) is 5.91 Å². The first-order chi connectivity index (χ1) is 8.24. The Morgan fingerprint density at radius 1 is 1.00 bits per heavy atom. The first kappa shape index (κ1) is 11.7. The van der Waals surface area contributed by atoms with Crippen molar-refractivity contribution in [1.29, 1.82) is 0 Å². The third kappa shape index (κ3) is 3.61. The fourth-order valence-corrected chi connectivity index (χ4v) is 1.65. The maximum Gasteiger partial charge on any atom is 0.228 e. The number of carbonyl (C=O) groups is 1. The summed E-state index contributed by atoms with van der Waals surface area (Å²) < 4.78 is 0. The topological polar surface area (TPSA) is 29.1 Å². The van der Waals surface area contributed by atoms with Gasteiger partial charge in [-0.15, -0.1) is 0 Å². The van der Waals surface area contributed by atoms with E-state index in [2.05, 4.69) is 5.32 Å². The van der Waals surface area contributed by atoms with Gasteiger partial charge in [0.25, 0.3) is 0 Å². The van der Waals surface area contributed by atoms with Crippen molar-refractivity contribution in [3.8, 4) is 0 Å². The SMILES string of the molecule is O=C(Cc1ccccc1)Nc1ccc(Cl)cc1. The summed E-state index contributed by atoms with van der Waals surface area (Å²) >= 11 is 5.77. The van der Waals surface area contributed by atoms with Crippen LogP contribution in [0.25, 0.3) is 0 Å². The number of anilines is 1. The van der Waals surface area contributed by atoms with E-state index in [0.717, 1.165) is 11.3 Å². The van der Waals surface area contributed by atoms with E-state index in [-0.39, 0.29) is 5.91 Å². The second-order valence-corrected chi connectivity index (χ2v) is 4.15. The molecule has 0 unspecified atom stereocenters. The lowest BCUT2D eigenvalue weighted by molar-refractivity contribution is -0.115. The Kier molecular flexibility index (Phi) is 3.78. The Bertz CT molecular complexity index is 493. The van der Waals surface area contributed by atoms with Crippen molar-refractivity contribution < 1.29 is 4.79 Å². The summed E-state index contributed by atoms with van der Waals surface area (Å²) in [5.74, 6) is -0.0291. The van der Waals surface area contributed by atoms with Crippen LogP contribution in [0.2, 0.25) is 5.02 Å². The van der Waals surface area contributed by atoms with Crippen LogP contribution in [-0.2, 0) is 11.2 Å². The molecule has 0 fully saturated rings. The Hall–Kier alpha value is -1.80. The molecule has 2 rings (SSSR count). The summed E-state index contributed by atoms with van der Waals surface area (Å²) in [6.45, 7) is 0. The van der Waals surface area contributed by atoms with Gasteiger partial charge in [-0.3, -0.25) is 4.79 Å². The molecule has 0 heterocycles. The minimum atomic E-state index is -0.0291. The largest absolute Gasteiger partial charge is 0.326 e. The van der Waals surface area contributed by atoms with Gasteiger partial charge in [-0.1, -0.05) is 41.9 Å². The summed E-state index contributed by atoms with van der Waals surface area (Å²) in [5, 5.41) is 3.48. The quantitative estimate of drug-likeness (QED) is 0.881. The summed E-state index contributed by atoms with van der Waals surface area (Å²) in [7, 11) is 0. The third-order valence-electron chi connectivity index (χ3n) is 2.34. The van der Waals surface area contributed by atoms with E-state index in [0.29, 0.717) is 11.4 Å². The molecule has 86 valence electrons. The molecule has 0 spiro atoms. The van der Waals surface area contributed by atoms with Gasteiger partial charge in [-0.2, -0.15) is 0 Å². The molecule has 2 aromatic carbocycles. The third-order valence-corrected chi connectivity index (χ3v) is 2.59. The van der Waals surface area contributed by atoms with Gasteiger partial charge in [0, 0.05) is 10.7 Å². The van der Waals surface area contributed by atoms with Gasteiger partial charge in [0.05, 0.1) is 6.42 Å². The lowest BCUT2D eigenvalue weighted by Gasteiger charge is -2.05. The molecule has 0 atom stereocenters. The summed E-state index contributed by atoms with van der Waals surface area (Å²) in [5.41, 5.74) is 1.76. The molecule has 0 aliphatic heterocycles. The standard InChI is InChI=1S/C14H12ClNO/c15-12-6-8-13(9-7-12)16-14(17)10-11-4-2-1-3-5-11/h1-9H,10H2,(H,16,17). The minimum Gasteiger partial charge on any atom is -0.326 e.